The monoisotopic (exact) mass is 511 g/mol. The van der Waals surface area contributed by atoms with Gasteiger partial charge in [0.25, 0.3) is 5.69 Å². The quantitative estimate of drug-likeness (QED) is 0.271. The van der Waals surface area contributed by atoms with E-state index in [1.807, 2.05) is 6.07 Å². The van der Waals surface area contributed by atoms with Gasteiger partial charge in [-0.15, -0.1) is 17.0 Å². The van der Waals surface area contributed by atoms with Gasteiger partial charge in [-0.05, 0) is 44.8 Å². The average Bonchev–Trinajstić information content (AvgIpc) is 2.37. The molecule has 1 aromatic carbocycles. The fraction of sp³-hybridized carbons (Fsp3) is 0.143. The van der Waals surface area contributed by atoms with Crippen molar-refractivity contribution in [2.45, 2.75) is 13.5 Å². The van der Waals surface area contributed by atoms with Gasteiger partial charge in [-0.3, -0.25) is 14.9 Å². The van der Waals surface area contributed by atoms with Crippen molar-refractivity contribution in [2.75, 3.05) is 0 Å². The van der Waals surface area contributed by atoms with Crippen molar-refractivity contribution in [3.8, 4) is 0 Å². The molecule has 0 saturated heterocycles. The molecule has 0 unspecified atom stereocenters. The number of rotatable bonds is 4. The average molecular weight is 514 g/mol. The molecule has 9 heteroatoms. The number of aryl methyl sites for hydroxylation is 1. The number of nitro groups is 1. The lowest BCUT2D eigenvalue weighted by molar-refractivity contribution is -0.684. The summed E-state index contributed by atoms with van der Waals surface area (Å²) in [7, 11) is 0. The smallest absolute Gasteiger partial charge is 0.273 e. The molecule has 2 N–H and O–H groups in total. The first-order chi connectivity index (χ1) is 9.86. The summed E-state index contributed by atoms with van der Waals surface area (Å²) in [5.41, 5.74) is 0.826. The highest BCUT2D eigenvalue weighted by atomic mass is 79.9. The van der Waals surface area contributed by atoms with E-state index < -0.39 is 4.92 Å². The standard InChI is InChI=1S/C14H11Br2N2O3.BrH.H2O/c1-9-2-3-10(4-13(9)18(20)21)14(19)8-17-6-11(15)5-12(16)7-17;;/h2-7H,8H2,1H3;1H;1H2/q+1;;. The molecule has 0 saturated carbocycles. The van der Waals surface area contributed by atoms with Crippen LogP contribution in [0.2, 0.25) is 0 Å². The van der Waals surface area contributed by atoms with Gasteiger partial charge in [-0.25, -0.2) is 0 Å². The third-order valence-corrected chi connectivity index (χ3v) is 3.78. The molecule has 2 rings (SSSR count). The van der Waals surface area contributed by atoms with Crippen LogP contribution in [0.4, 0.5) is 5.69 Å². The largest absolute Gasteiger partial charge is 0.412 e. The second-order valence-corrected chi connectivity index (χ2v) is 6.36. The number of aromatic nitrogens is 1. The molecular weight excluding hydrogens is 500 g/mol. The van der Waals surface area contributed by atoms with Crippen LogP contribution in [-0.2, 0) is 6.54 Å². The summed E-state index contributed by atoms with van der Waals surface area (Å²) in [6.45, 7) is 1.75. The summed E-state index contributed by atoms with van der Waals surface area (Å²) in [6.07, 6.45) is 3.54. The number of hydrogen-bond donors (Lipinski definition) is 0. The minimum atomic E-state index is -0.477. The van der Waals surface area contributed by atoms with Crippen LogP contribution in [-0.4, -0.2) is 16.2 Å². The van der Waals surface area contributed by atoms with Crippen LogP contribution in [0.3, 0.4) is 0 Å². The Labute approximate surface area is 160 Å². The highest BCUT2D eigenvalue weighted by Gasteiger charge is 2.18. The van der Waals surface area contributed by atoms with Crippen molar-refractivity contribution in [1.29, 1.82) is 0 Å². The highest BCUT2D eigenvalue weighted by molar-refractivity contribution is 9.11. The number of pyridine rings is 1. The summed E-state index contributed by atoms with van der Waals surface area (Å²) < 4.78 is 3.38. The molecule has 2 aromatic rings. The number of nitro benzene ring substituents is 1. The number of benzene rings is 1. The molecule has 124 valence electrons. The van der Waals surface area contributed by atoms with Crippen LogP contribution in [0.5, 0.6) is 0 Å². The maximum absolute atomic E-state index is 12.2. The molecule has 0 aliphatic rings. The van der Waals surface area contributed by atoms with Crippen LogP contribution in [0.1, 0.15) is 15.9 Å². The molecule has 0 amide bonds. The fourth-order valence-electron chi connectivity index (χ4n) is 1.89. The van der Waals surface area contributed by atoms with E-state index in [1.54, 1.807) is 36.0 Å². The van der Waals surface area contributed by atoms with Crippen molar-refractivity contribution in [1.82, 2.24) is 0 Å². The van der Waals surface area contributed by atoms with Gasteiger partial charge in [0.15, 0.2) is 12.4 Å². The maximum Gasteiger partial charge on any atom is 0.273 e. The third-order valence-electron chi connectivity index (χ3n) is 2.91. The number of hydrogen-bond acceptors (Lipinski definition) is 3. The molecule has 0 atom stereocenters. The van der Waals surface area contributed by atoms with Gasteiger partial charge in [0.2, 0.25) is 12.3 Å². The molecule has 0 spiro atoms. The maximum atomic E-state index is 12.2. The number of halogens is 3. The Bertz CT molecular complexity index is 718. The van der Waals surface area contributed by atoms with Gasteiger partial charge < -0.3 is 5.48 Å². The lowest BCUT2D eigenvalue weighted by Crippen LogP contribution is -2.37. The predicted molar refractivity (Wildman–Crippen MR) is 98.1 cm³/mol. The number of ketones is 1. The van der Waals surface area contributed by atoms with E-state index in [1.165, 1.54) is 6.07 Å². The summed E-state index contributed by atoms with van der Waals surface area (Å²) in [5.74, 6) is -0.187. The first-order valence-electron chi connectivity index (χ1n) is 6.00. The zero-order valence-corrected chi connectivity index (χ0v) is 16.8. The van der Waals surface area contributed by atoms with E-state index in [-0.39, 0.29) is 40.5 Å². The van der Waals surface area contributed by atoms with Crippen LogP contribution >= 0.6 is 48.8 Å². The number of carbonyl (C=O) groups excluding carboxylic acids is 1. The van der Waals surface area contributed by atoms with Gasteiger partial charge in [0.05, 0.1) is 13.9 Å². The molecular formula is C14H14Br3N2O4+. The number of carbonyl (C=O) groups is 1. The van der Waals surface area contributed by atoms with Crippen molar-refractivity contribution < 1.29 is 19.8 Å². The van der Waals surface area contributed by atoms with Crippen LogP contribution in [0.25, 0.3) is 0 Å². The lowest BCUT2D eigenvalue weighted by atomic mass is 10.1. The first-order valence-corrected chi connectivity index (χ1v) is 7.59. The number of nitrogens with zero attached hydrogens (tertiary/aromatic N) is 2. The zero-order chi connectivity index (χ0) is 15.6. The first kappa shape index (κ1) is 21.8. The third kappa shape index (κ3) is 5.76. The minimum absolute atomic E-state index is 0. The van der Waals surface area contributed by atoms with Gasteiger partial charge in [0, 0.05) is 17.2 Å². The summed E-state index contributed by atoms with van der Waals surface area (Å²) in [4.78, 5) is 22.7. The van der Waals surface area contributed by atoms with E-state index >= 15 is 0 Å². The van der Waals surface area contributed by atoms with Crippen LogP contribution in [0, 0.1) is 17.0 Å². The van der Waals surface area contributed by atoms with E-state index in [2.05, 4.69) is 31.9 Å². The minimum Gasteiger partial charge on any atom is -0.412 e. The van der Waals surface area contributed by atoms with Gasteiger partial charge in [-0.2, -0.15) is 4.57 Å². The molecule has 6 nitrogen and oxygen atoms in total. The Morgan fingerprint density at radius 3 is 2.30 bits per heavy atom. The van der Waals surface area contributed by atoms with Crippen molar-refractivity contribution >= 4 is 60.3 Å². The van der Waals surface area contributed by atoms with E-state index in [0.29, 0.717) is 11.1 Å². The molecule has 0 radical (unpaired) electrons. The predicted octanol–water partition coefficient (Wildman–Crippen LogP) is 3.35. The topological polar surface area (TPSA) is 95.6 Å². The SMILES string of the molecule is Br.Cc1ccc(C(=O)C[n+]2cc(Br)cc(Br)c2)cc1[N+](=O)[O-].O. The molecule has 0 aliphatic carbocycles. The molecule has 0 fully saturated rings. The second kappa shape index (κ2) is 9.21. The molecule has 1 heterocycles. The van der Waals surface area contributed by atoms with E-state index in [9.17, 15) is 14.9 Å². The molecule has 23 heavy (non-hydrogen) atoms. The Kier molecular flexibility index (Phi) is 8.75. The molecule has 1 aromatic heterocycles. The lowest BCUT2D eigenvalue weighted by Gasteiger charge is -2.02. The normalized spacial score (nSPS) is 9.52. The summed E-state index contributed by atoms with van der Waals surface area (Å²) >= 11 is 6.70. The van der Waals surface area contributed by atoms with E-state index in [4.69, 9.17) is 0 Å². The second-order valence-electron chi connectivity index (χ2n) is 4.53. The van der Waals surface area contributed by atoms with Crippen molar-refractivity contribution in [3.05, 3.63) is 66.8 Å². The summed E-state index contributed by atoms with van der Waals surface area (Å²) in [5, 5.41) is 10.9. The Hall–Kier alpha value is -1.16. The van der Waals surface area contributed by atoms with E-state index in [0.717, 1.165) is 8.95 Å². The fourth-order valence-corrected chi connectivity index (χ4v) is 3.21. The van der Waals surface area contributed by atoms with Crippen LogP contribution in [0.15, 0.2) is 45.6 Å². The van der Waals surface area contributed by atoms with Crippen LogP contribution < -0.4 is 4.57 Å². The zero-order valence-electron chi connectivity index (χ0n) is 12.0. The highest BCUT2D eigenvalue weighted by Crippen LogP contribution is 2.20. The molecule has 0 bridgehead atoms. The van der Waals surface area contributed by atoms with Crippen molar-refractivity contribution in [3.63, 3.8) is 0 Å². The summed E-state index contributed by atoms with van der Waals surface area (Å²) in [6, 6.07) is 6.38. The Morgan fingerprint density at radius 1 is 1.22 bits per heavy atom. The Balaban J connectivity index is 0.00000242. The molecule has 0 aliphatic heterocycles. The van der Waals surface area contributed by atoms with Crippen molar-refractivity contribution in [2.24, 2.45) is 0 Å². The van der Waals surface area contributed by atoms with Gasteiger partial charge in [0.1, 0.15) is 0 Å². The Morgan fingerprint density at radius 2 is 1.78 bits per heavy atom. The number of Topliss-reactive ketones (excluding diaryl/α,β-unsaturated/α-hetero) is 1. The van der Waals surface area contributed by atoms with Gasteiger partial charge >= 0.3 is 0 Å². The van der Waals surface area contributed by atoms with Gasteiger partial charge in [-0.1, -0.05) is 12.1 Å².